The molecule has 2 saturated carbocycles. The number of nitrogens with one attached hydrogen (secondary N) is 2. The lowest BCUT2D eigenvalue weighted by molar-refractivity contribution is 0.180. The van der Waals surface area contributed by atoms with Crippen LogP contribution in [0.15, 0.2) is 0 Å². The standard InChI is InChI=1S/C11H22.C10H21N.C10H20.C9H19N.2CH4/c1-11(2,3)9-10-7-5-4-6-8-10;1-10(2,3)7-9-5-4-6-11-8-9;1-10(2,3)9-7-5-4-6-8-9;1-9(2,3)8-5-4-6-10-7-8;;/h10H,4-9H2,1-3H3;9,11H,4-8H2,1-3H3;9H,4-8H2,1-3H3;8,10H,4-7H2,1-3H3;2*1H4. The van der Waals surface area contributed by atoms with E-state index < -0.39 is 0 Å². The second-order valence-electron chi connectivity index (χ2n) is 19.4. The Balaban J connectivity index is 0. The van der Waals surface area contributed by atoms with Gasteiger partial charge in [-0.3, -0.25) is 0 Å². The van der Waals surface area contributed by atoms with E-state index in [0.29, 0.717) is 21.7 Å². The van der Waals surface area contributed by atoms with Crippen LogP contribution >= 0.6 is 0 Å². The van der Waals surface area contributed by atoms with E-state index in [0.717, 1.165) is 23.7 Å². The second kappa shape index (κ2) is 22.5. The number of hydrogen-bond acceptors (Lipinski definition) is 2. The van der Waals surface area contributed by atoms with Gasteiger partial charge < -0.3 is 10.6 Å². The Hall–Kier alpha value is -0.0800. The van der Waals surface area contributed by atoms with Crippen molar-refractivity contribution in [2.75, 3.05) is 26.2 Å². The van der Waals surface area contributed by atoms with Gasteiger partial charge in [0, 0.05) is 0 Å². The van der Waals surface area contributed by atoms with Crippen LogP contribution in [-0.2, 0) is 0 Å². The Bertz CT molecular complexity index is 571. The number of hydrogen-bond donors (Lipinski definition) is 2. The molecule has 0 spiro atoms. The highest BCUT2D eigenvalue weighted by molar-refractivity contribution is 4.79. The molecule has 268 valence electrons. The van der Waals surface area contributed by atoms with E-state index in [-0.39, 0.29) is 14.9 Å². The van der Waals surface area contributed by atoms with Gasteiger partial charge in [0.1, 0.15) is 0 Å². The summed E-state index contributed by atoms with van der Waals surface area (Å²) >= 11 is 0. The Morgan fingerprint density at radius 2 is 0.773 bits per heavy atom. The summed E-state index contributed by atoms with van der Waals surface area (Å²) < 4.78 is 0. The van der Waals surface area contributed by atoms with Crippen LogP contribution in [0, 0.1) is 45.3 Å². The Labute approximate surface area is 282 Å². The van der Waals surface area contributed by atoms with Gasteiger partial charge in [-0.15, -0.1) is 0 Å². The molecule has 2 heteroatoms. The first-order valence-corrected chi connectivity index (χ1v) is 18.8. The molecule has 2 heterocycles. The topological polar surface area (TPSA) is 24.1 Å². The SMILES string of the molecule is C.C.CC(C)(C)C1CCCCC1.CC(C)(C)C1CCCNC1.CC(C)(C)CC1CCCCC1.CC(C)(C)CC1CCCNC1. The van der Waals surface area contributed by atoms with E-state index in [1.54, 1.807) is 0 Å². The van der Waals surface area contributed by atoms with Gasteiger partial charge in [-0.05, 0) is 123 Å². The van der Waals surface area contributed by atoms with E-state index in [1.165, 1.54) is 129 Å². The van der Waals surface area contributed by atoms with Crippen molar-refractivity contribution in [3.63, 3.8) is 0 Å². The predicted octanol–water partition coefficient (Wildman–Crippen LogP) is 13.3. The van der Waals surface area contributed by atoms with E-state index >= 15 is 0 Å². The number of piperidine rings is 2. The Kier molecular flexibility index (Phi) is 23.5. The van der Waals surface area contributed by atoms with E-state index in [1.807, 2.05) is 0 Å². The molecular formula is C42H90N2. The van der Waals surface area contributed by atoms with Gasteiger partial charge in [-0.25, -0.2) is 0 Å². The molecular weight excluding hydrogens is 532 g/mol. The van der Waals surface area contributed by atoms with Gasteiger partial charge >= 0.3 is 0 Å². The molecule has 0 bridgehead atoms. The lowest BCUT2D eigenvalue weighted by Gasteiger charge is -2.34. The summed E-state index contributed by atoms with van der Waals surface area (Å²) in [7, 11) is 0. The van der Waals surface area contributed by atoms with Crippen LogP contribution in [0.4, 0.5) is 0 Å². The largest absolute Gasteiger partial charge is 0.316 e. The van der Waals surface area contributed by atoms with E-state index in [4.69, 9.17) is 0 Å². The fourth-order valence-corrected chi connectivity index (χ4v) is 7.78. The third kappa shape index (κ3) is 24.1. The fraction of sp³-hybridized carbons (Fsp3) is 1.00. The molecule has 2 nitrogen and oxygen atoms in total. The molecule has 2 atom stereocenters. The monoisotopic (exact) mass is 623 g/mol. The van der Waals surface area contributed by atoms with Crippen molar-refractivity contribution in [1.29, 1.82) is 0 Å². The smallest absolute Gasteiger partial charge is 0.00155 e. The van der Waals surface area contributed by atoms with Gasteiger partial charge in [0.2, 0.25) is 0 Å². The molecule has 0 aromatic heterocycles. The van der Waals surface area contributed by atoms with Crippen LogP contribution < -0.4 is 10.6 Å². The molecule has 2 aliphatic heterocycles. The number of rotatable bonds is 2. The van der Waals surface area contributed by atoms with Gasteiger partial charge in [-0.1, -0.05) is 149 Å². The molecule has 44 heavy (non-hydrogen) atoms. The van der Waals surface area contributed by atoms with Crippen molar-refractivity contribution in [1.82, 2.24) is 10.6 Å². The van der Waals surface area contributed by atoms with Crippen molar-refractivity contribution in [2.45, 2.75) is 201 Å². The van der Waals surface area contributed by atoms with Crippen LogP contribution in [0.2, 0.25) is 0 Å². The quantitative estimate of drug-likeness (QED) is 0.320. The zero-order chi connectivity index (χ0) is 31.9. The Morgan fingerprint density at radius 3 is 1.09 bits per heavy atom. The van der Waals surface area contributed by atoms with Gasteiger partial charge in [0.25, 0.3) is 0 Å². The molecule has 0 aromatic carbocycles. The highest BCUT2D eigenvalue weighted by Gasteiger charge is 2.26. The van der Waals surface area contributed by atoms with Crippen molar-refractivity contribution >= 4 is 0 Å². The molecule has 0 amide bonds. The van der Waals surface area contributed by atoms with Crippen LogP contribution in [0.1, 0.15) is 201 Å². The van der Waals surface area contributed by atoms with Crippen LogP contribution in [0.5, 0.6) is 0 Å². The maximum absolute atomic E-state index is 3.46. The minimum absolute atomic E-state index is 0. The maximum atomic E-state index is 3.46. The molecule has 2 N–H and O–H groups in total. The predicted molar refractivity (Wildman–Crippen MR) is 205 cm³/mol. The molecule has 2 saturated heterocycles. The van der Waals surface area contributed by atoms with E-state index in [2.05, 4.69) is 93.7 Å². The summed E-state index contributed by atoms with van der Waals surface area (Å²) in [6.07, 6.45) is 23.2. The van der Waals surface area contributed by atoms with Gasteiger partial charge in [-0.2, -0.15) is 0 Å². The molecule has 4 fully saturated rings. The summed E-state index contributed by atoms with van der Waals surface area (Å²) in [4.78, 5) is 0. The highest BCUT2D eigenvalue weighted by Crippen LogP contribution is 2.37. The first-order valence-electron chi connectivity index (χ1n) is 18.8. The lowest BCUT2D eigenvalue weighted by atomic mass is 9.72. The third-order valence-electron chi connectivity index (χ3n) is 10.3. The van der Waals surface area contributed by atoms with E-state index in [9.17, 15) is 0 Å². The molecule has 2 unspecified atom stereocenters. The van der Waals surface area contributed by atoms with Crippen LogP contribution in [0.3, 0.4) is 0 Å². The molecule has 2 aliphatic carbocycles. The summed E-state index contributed by atoms with van der Waals surface area (Å²) in [5, 5.41) is 6.90. The summed E-state index contributed by atoms with van der Waals surface area (Å²) in [5.74, 6) is 3.87. The minimum Gasteiger partial charge on any atom is -0.316 e. The third-order valence-corrected chi connectivity index (χ3v) is 10.3. The van der Waals surface area contributed by atoms with Gasteiger partial charge in [0.05, 0.1) is 0 Å². The molecule has 4 aliphatic rings. The Morgan fingerprint density at radius 1 is 0.409 bits per heavy atom. The first-order chi connectivity index (χ1) is 19.4. The van der Waals surface area contributed by atoms with Crippen LogP contribution in [0.25, 0.3) is 0 Å². The molecule has 0 aromatic rings. The van der Waals surface area contributed by atoms with Crippen molar-refractivity contribution < 1.29 is 0 Å². The highest BCUT2D eigenvalue weighted by atomic mass is 14.9. The summed E-state index contributed by atoms with van der Waals surface area (Å²) in [6.45, 7) is 33.2. The summed E-state index contributed by atoms with van der Waals surface area (Å²) in [6, 6.07) is 0. The van der Waals surface area contributed by atoms with Gasteiger partial charge in [0.15, 0.2) is 0 Å². The fourth-order valence-electron chi connectivity index (χ4n) is 7.78. The minimum atomic E-state index is 0. The average Bonchev–Trinajstić information content (AvgIpc) is 2.89. The van der Waals surface area contributed by atoms with Crippen molar-refractivity contribution in [2.24, 2.45) is 45.3 Å². The second-order valence-corrected chi connectivity index (χ2v) is 19.4. The van der Waals surface area contributed by atoms with Crippen molar-refractivity contribution in [3.8, 4) is 0 Å². The zero-order valence-corrected chi connectivity index (χ0v) is 31.5. The van der Waals surface area contributed by atoms with Crippen LogP contribution in [-0.4, -0.2) is 26.2 Å². The lowest BCUT2D eigenvalue weighted by Crippen LogP contribution is -2.36. The zero-order valence-electron chi connectivity index (χ0n) is 31.5. The normalized spacial score (nSPS) is 24.0. The van der Waals surface area contributed by atoms with Crippen molar-refractivity contribution in [3.05, 3.63) is 0 Å². The molecule has 0 radical (unpaired) electrons. The molecule has 4 rings (SSSR count). The first kappa shape index (κ1) is 46.0. The average molecular weight is 623 g/mol. The maximum Gasteiger partial charge on any atom is -0.00155 e. The summed E-state index contributed by atoms with van der Waals surface area (Å²) in [5.41, 5.74) is 2.15.